The predicted octanol–water partition coefficient (Wildman–Crippen LogP) is 3.29. The van der Waals surface area contributed by atoms with Gasteiger partial charge in [-0.15, -0.1) is 0 Å². The molecule has 1 saturated carbocycles. The molecule has 0 bridgehead atoms. The summed E-state index contributed by atoms with van der Waals surface area (Å²) < 4.78 is 5.79. The summed E-state index contributed by atoms with van der Waals surface area (Å²) in [7, 11) is 0. The van der Waals surface area contributed by atoms with E-state index in [1.807, 2.05) is 0 Å². The second kappa shape index (κ2) is 5.41. The van der Waals surface area contributed by atoms with Gasteiger partial charge in [0.15, 0.2) is 0 Å². The monoisotopic (exact) mass is 254 g/mol. The molecule has 3 nitrogen and oxygen atoms in total. The van der Waals surface area contributed by atoms with E-state index in [9.17, 15) is 4.79 Å². The van der Waals surface area contributed by atoms with Gasteiger partial charge < -0.3 is 9.84 Å². The largest absolute Gasteiger partial charge is 0.489 e. The summed E-state index contributed by atoms with van der Waals surface area (Å²) in [6.45, 7) is 0. The van der Waals surface area contributed by atoms with Crippen molar-refractivity contribution in [3.63, 3.8) is 0 Å². The summed E-state index contributed by atoms with van der Waals surface area (Å²) in [4.78, 5) is 10.6. The summed E-state index contributed by atoms with van der Waals surface area (Å²) in [6.07, 6.45) is 4.82. The maximum Gasteiger partial charge on any atom is 0.307 e. The average Bonchev–Trinajstić information content (AvgIpc) is 2.74. The van der Waals surface area contributed by atoms with Gasteiger partial charge in [0.25, 0.3) is 0 Å². The van der Waals surface area contributed by atoms with E-state index in [1.54, 1.807) is 18.2 Å². The first-order valence-electron chi connectivity index (χ1n) is 5.82. The lowest BCUT2D eigenvalue weighted by atomic mass is 10.1. The minimum Gasteiger partial charge on any atom is -0.489 e. The number of halogens is 1. The van der Waals surface area contributed by atoms with Gasteiger partial charge in [-0.05, 0) is 43.4 Å². The van der Waals surface area contributed by atoms with Crippen LogP contribution < -0.4 is 4.74 Å². The third-order valence-corrected chi connectivity index (χ3v) is 3.24. The Morgan fingerprint density at radius 1 is 1.41 bits per heavy atom. The summed E-state index contributed by atoms with van der Waals surface area (Å²) in [6, 6.07) is 5.18. The van der Waals surface area contributed by atoms with Crippen LogP contribution in [0.1, 0.15) is 31.2 Å². The number of hydrogen-bond donors (Lipinski definition) is 1. The van der Waals surface area contributed by atoms with Crippen LogP contribution in [0.4, 0.5) is 0 Å². The smallest absolute Gasteiger partial charge is 0.307 e. The fourth-order valence-electron chi connectivity index (χ4n) is 2.11. The van der Waals surface area contributed by atoms with Gasteiger partial charge in [-0.3, -0.25) is 4.79 Å². The van der Waals surface area contributed by atoms with Crippen molar-refractivity contribution < 1.29 is 14.6 Å². The van der Waals surface area contributed by atoms with Crippen molar-refractivity contribution in [3.05, 3.63) is 28.8 Å². The third-order valence-electron chi connectivity index (χ3n) is 2.95. The number of carbonyl (C=O) groups is 1. The Morgan fingerprint density at radius 3 is 2.71 bits per heavy atom. The minimum absolute atomic E-state index is 0.0105. The molecule has 0 spiro atoms. The molecule has 0 heterocycles. The molecule has 4 heteroatoms. The first-order chi connectivity index (χ1) is 8.15. The molecule has 1 aliphatic rings. The van der Waals surface area contributed by atoms with Crippen LogP contribution in [-0.4, -0.2) is 17.2 Å². The van der Waals surface area contributed by atoms with Crippen LogP contribution in [0, 0.1) is 0 Å². The Bertz CT molecular complexity index is 411. The molecule has 0 saturated heterocycles. The van der Waals surface area contributed by atoms with E-state index in [4.69, 9.17) is 21.4 Å². The second-order valence-corrected chi connectivity index (χ2v) is 4.77. The van der Waals surface area contributed by atoms with Gasteiger partial charge in [0.05, 0.1) is 17.5 Å². The Hall–Kier alpha value is -1.22. The van der Waals surface area contributed by atoms with E-state index in [-0.39, 0.29) is 12.5 Å². The molecule has 0 aliphatic heterocycles. The molecular formula is C13H15ClO3. The Labute approximate surface area is 105 Å². The first kappa shape index (κ1) is 12.2. The minimum atomic E-state index is -0.856. The highest BCUT2D eigenvalue weighted by molar-refractivity contribution is 6.32. The Kier molecular flexibility index (Phi) is 3.89. The van der Waals surface area contributed by atoms with Crippen molar-refractivity contribution in [2.24, 2.45) is 0 Å². The molecule has 0 radical (unpaired) electrons. The van der Waals surface area contributed by atoms with Crippen molar-refractivity contribution in [3.8, 4) is 5.75 Å². The number of rotatable bonds is 4. The van der Waals surface area contributed by atoms with E-state index in [0.717, 1.165) is 12.8 Å². The number of benzene rings is 1. The third kappa shape index (κ3) is 3.37. The highest BCUT2D eigenvalue weighted by Gasteiger charge is 2.17. The zero-order valence-corrected chi connectivity index (χ0v) is 10.2. The van der Waals surface area contributed by atoms with E-state index in [2.05, 4.69) is 0 Å². The van der Waals surface area contributed by atoms with E-state index in [1.165, 1.54) is 12.8 Å². The van der Waals surface area contributed by atoms with Crippen molar-refractivity contribution in [1.29, 1.82) is 0 Å². The van der Waals surface area contributed by atoms with Crippen molar-refractivity contribution >= 4 is 17.6 Å². The van der Waals surface area contributed by atoms with E-state index < -0.39 is 5.97 Å². The number of ether oxygens (including phenoxy) is 1. The lowest BCUT2D eigenvalue weighted by Crippen LogP contribution is -2.11. The highest BCUT2D eigenvalue weighted by atomic mass is 35.5. The number of carboxylic acid groups (broad SMARTS) is 1. The van der Waals surface area contributed by atoms with Gasteiger partial charge in [-0.25, -0.2) is 0 Å². The summed E-state index contributed by atoms with van der Waals surface area (Å²) in [5.74, 6) is -0.196. The summed E-state index contributed by atoms with van der Waals surface area (Å²) in [5, 5.41) is 9.18. The fourth-order valence-corrected chi connectivity index (χ4v) is 2.36. The van der Waals surface area contributed by atoms with Gasteiger partial charge in [-0.2, -0.15) is 0 Å². The van der Waals surface area contributed by atoms with Gasteiger partial charge in [-0.1, -0.05) is 17.7 Å². The van der Waals surface area contributed by atoms with Crippen LogP contribution in [0.25, 0.3) is 0 Å². The molecule has 0 unspecified atom stereocenters. The molecule has 0 atom stereocenters. The van der Waals surface area contributed by atoms with Gasteiger partial charge in [0.1, 0.15) is 5.75 Å². The van der Waals surface area contributed by atoms with Crippen LogP contribution in [0.5, 0.6) is 5.75 Å². The van der Waals surface area contributed by atoms with Crippen LogP contribution in [0.3, 0.4) is 0 Å². The number of hydrogen-bond acceptors (Lipinski definition) is 2. The maximum absolute atomic E-state index is 10.6. The molecule has 1 aliphatic carbocycles. The summed E-state index contributed by atoms with van der Waals surface area (Å²) >= 11 is 6.07. The molecule has 0 aromatic heterocycles. The molecule has 17 heavy (non-hydrogen) atoms. The van der Waals surface area contributed by atoms with Crippen molar-refractivity contribution in [2.75, 3.05) is 0 Å². The van der Waals surface area contributed by atoms with E-state index in [0.29, 0.717) is 16.3 Å². The maximum atomic E-state index is 10.6. The molecule has 2 rings (SSSR count). The van der Waals surface area contributed by atoms with Crippen LogP contribution in [0.2, 0.25) is 5.02 Å². The molecular weight excluding hydrogens is 240 g/mol. The molecule has 1 aromatic rings. The second-order valence-electron chi connectivity index (χ2n) is 4.36. The Morgan fingerprint density at radius 2 is 2.12 bits per heavy atom. The topological polar surface area (TPSA) is 46.5 Å². The van der Waals surface area contributed by atoms with Crippen LogP contribution >= 0.6 is 11.6 Å². The highest BCUT2D eigenvalue weighted by Crippen LogP contribution is 2.30. The van der Waals surface area contributed by atoms with Crippen molar-refractivity contribution in [1.82, 2.24) is 0 Å². The van der Waals surface area contributed by atoms with Crippen LogP contribution in [0.15, 0.2) is 18.2 Å². The van der Waals surface area contributed by atoms with Crippen molar-refractivity contribution in [2.45, 2.75) is 38.2 Å². The number of aliphatic carboxylic acids is 1. The Balaban J connectivity index is 2.05. The quantitative estimate of drug-likeness (QED) is 0.897. The van der Waals surface area contributed by atoms with Gasteiger partial charge >= 0.3 is 5.97 Å². The van der Waals surface area contributed by atoms with Crippen LogP contribution in [-0.2, 0) is 11.2 Å². The average molecular weight is 255 g/mol. The normalized spacial score (nSPS) is 16.1. The predicted molar refractivity (Wildman–Crippen MR) is 65.7 cm³/mol. The lowest BCUT2D eigenvalue weighted by Gasteiger charge is -2.14. The van der Waals surface area contributed by atoms with Gasteiger partial charge in [0, 0.05) is 0 Å². The molecule has 1 fully saturated rings. The zero-order chi connectivity index (χ0) is 12.3. The lowest BCUT2D eigenvalue weighted by molar-refractivity contribution is -0.136. The van der Waals surface area contributed by atoms with E-state index >= 15 is 0 Å². The first-order valence-corrected chi connectivity index (χ1v) is 6.20. The standard InChI is InChI=1S/C13H15ClO3/c14-11-7-9(8-13(15)16)5-6-12(11)17-10-3-1-2-4-10/h5-7,10H,1-4,8H2,(H,15,16). The zero-order valence-electron chi connectivity index (χ0n) is 9.49. The molecule has 1 N–H and O–H groups in total. The molecule has 0 amide bonds. The molecule has 92 valence electrons. The fraction of sp³-hybridized carbons (Fsp3) is 0.462. The van der Waals surface area contributed by atoms with Gasteiger partial charge in [0.2, 0.25) is 0 Å². The SMILES string of the molecule is O=C(O)Cc1ccc(OC2CCCC2)c(Cl)c1. The number of carboxylic acids is 1. The summed E-state index contributed by atoms with van der Waals surface area (Å²) in [5.41, 5.74) is 0.696. The molecule has 1 aromatic carbocycles.